The lowest BCUT2D eigenvalue weighted by Crippen LogP contribution is -2.28. The summed E-state index contributed by atoms with van der Waals surface area (Å²) in [5, 5.41) is 7.35. The first-order valence-electron chi connectivity index (χ1n) is 7.85. The number of nitrogens with zero attached hydrogens (tertiary/aromatic N) is 2. The fourth-order valence-electron chi connectivity index (χ4n) is 2.40. The van der Waals surface area contributed by atoms with Gasteiger partial charge >= 0.3 is 0 Å². The number of nitrogens with one attached hydrogen (secondary N) is 1. The Morgan fingerprint density at radius 1 is 1.35 bits per heavy atom. The number of ether oxygens (including phenoxy) is 1. The zero-order valence-electron chi connectivity index (χ0n) is 14.5. The molecule has 1 amide bonds. The van der Waals surface area contributed by atoms with Crippen molar-refractivity contribution in [1.82, 2.24) is 15.1 Å². The minimum absolute atomic E-state index is 0.100. The predicted molar refractivity (Wildman–Crippen MR) is 90.7 cm³/mol. The molecule has 0 aliphatic carbocycles. The first-order chi connectivity index (χ1) is 10.9. The van der Waals surface area contributed by atoms with Gasteiger partial charge in [0.1, 0.15) is 5.75 Å². The van der Waals surface area contributed by atoms with Crippen LogP contribution in [0.5, 0.6) is 5.75 Å². The number of carbonyl (C=O) groups excluding carboxylic acids is 1. The average molecular weight is 315 g/mol. The minimum Gasteiger partial charge on any atom is -0.496 e. The van der Waals surface area contributed by atoms with E-state index < -0.39 is 0 Å². The lowest BCUT2D eigenvalue weighted by Gasteiger charge is -2.20. The second-order valence-corrected chi connectivity index (χ2v) is 6.52. The van der Waals surface area contributed by atoms with Crippen molar-refractivity contribution in [3.05, 3.63) is 47.8 Å². The van der Waals surface area contributed by atoms with Crippen molar-refractivity contribution in [1.29, 1.82) is 0 Å². The highest BCUT2D eigenvalue weighted by Gasteiger charge is 2.20. The molecule has 1 aromatic heterocycles. The molecule has 0 spiro atoms. The molecule has 1 heterocycles. The molecule has 0 saturated carbocycles. The smallest absolute Gasteiger partial charge is 0.254 e. The van der Waals surface area contributed by atoms with Crippen LogP contribution < -0.4 is 10.1 Å². The first kappa shape index (κ1) is 17.1. The first-order valence-corrected chi connectivity index (χ1v) is 7.85. The number of hydrogen-bond acceptors (Lipinski definition) is 3. The summed E-state index contributed by atoms with van der Waals surface area (Å²) in [6, 6.07) is 7.65. The molecule has 23 heavy (non-hydrogen) atoms. The Kier molecular flexibility index (Phi) is 5.08. The summed E-state index contributed by atoms with van der Waals surface area (Å²) in [6.45, 7) is 8.18. The molecule has 2 rings (SSSR count). The van der Waals surface area contributed by atoms with E-state index in [9.17, 15) is 4.79 Å². The van der Waals surface area contributed by atoms with Gasteiger partial charge in [0.25, 0.3) is 5.91 Å². The van der Waals surface area contributed by atoms with Gasteiger partial charge in [0.2, 0.25) is 0 Å². The molecule has 0 aliphatic heterocycles. The third-order valence-electron chi connectivity index (χ3n) is 3.76. The number of carbonyl (C=O) groups is 1. The van der Waals surface area contributed by atoms with Gasteiger partial charge in [-0.05, 0) is 33.3 Å². The van der Waals surface area contributed by atoms with E-state index in [-0.39, 0.29) is 17.5 Å². The molecule has 0 saturated heterocycles. The van der Waals surface area contributed by atoms with Gasteiger partial charge in [-0.15, -0.1) is 0 Å². The van der Waals surface area contributed by atoms with Crippen LogP contribution in [-0.2, 0) is 5.54 Å². The van der Waals surface area contributed by atoms with Gasteiger partial charge in [-0.3, -0.25) is 9.48 Å². The molecule has 2 aromatic rings. The van der Waals surface area contributed by atoms with E-state index in [1.54, 1.807) is 24.2 Å². The van der Waals surface area contributed by atoms with E-state index in [1.807, 2.05) is 52.0 Å². The quantitative estimate of drug-likeness (QED) is 0.918. The maximum atomic E-state index is 12.5. The standard InChI is InChI=1S/C18H25N3O2/c1-6-15(14-9-7-8-10-16(14)23-5)20-17(22)13-11-19-21(12-13)18(2,3)4/h7-12,15H,6H2,1-5H3,(H,20,22). The molecule has 124 valence electrons. The van der Waals surface area contributed by atoms with Gasteiger partial charge < -0.3 is 10.1 Å². The van der Waals surface area contributed by atoms with E-state index in [0.29, 0.717) is 5.56 Å². The van der Waals surface area contributed by atoms with Crippen molar-refractivity contribution in [2.75, 3.05) is 7.11 Å². The van der Waals surface area contributed by atoms with E-state index in [2.05, 4.69) is 10.4 Å². The summed E-state index contributed by atoms with van der Waals surface area (Å²) in [4.78, 5) is 12.5. The topological polar surface area (TPSA) is 56.2 Å². The third-order valence-corrected chi connectivity index (χ3v) is 3.76. The fourth-order valence-corrected chi connectivity index (χ4v) is 2.40. The van der Waals surface area contributed by atoms with Gasteiger partial charge in [-0.2, -0.15) is 5.10 Å². The van der Waals surface area contributed by atoms with Crippen LogP contribution in [0, 0.1) is 0 Å². The van der Waals surface area contributed by atoms with Crippen LogP contribution in [0.2, 0.25) is 0 Å². The summed E-state index contributed by atoms with van der Waals surface area (Å²) in [5.74, 6) is 0.656. The highest BCUT2D eigenvalue weighted by Crippen LogP contribution is 2.27. The minimum atomic E-state index is -0.147. The number of aromatic nitrogens is 2. The van der Waals surface area contributed by atoms with Crippen LogP contribution in [0.25, 0.3) is 0 Å². The molecule has 0 radical (unpaired) electrons. The van der Waals surface area contributed by atoms with Crippen LogP contribution in [0.4, 0.5) is 0 Å². The maximum absolute atomic E-state index is 12.5. The SMILES string of the molecule is CCC(NC(=O)c1cnn(C(C)(C)C)c1)c1ccccc1OC. The maximum Gasteiger partial charge on any atom is 0.254 e. The van der Waals surface area contributed by atoms with E-state index >= 15 is 0 Å². The van der Waals surface area contributed by atoms with Crippen LogP contribution in [0.1, 0.15) is 56.1 Å². The van der Waals surface area contributed by atoms with E-state index in [1.165, 1.54) is 0 Å². The summed E-state index contributed by atoms with van der Waals surface area (Å²) in [7, 11) is 1.64. The zero-order chi connectivity index (χ0) is 17.0. The highest BCUT2D eigenvalue weighted by molar-refractivity contribution is 5.94. The second-order valence-electron chi connectivity index (χ2n) is 6.52. The third kappa shape index (κ3) is 3.92. The molecule has 0 fully saturated rings. The summed E-state index contributed by atoms with van der Waals surface area (Å²) >= 11 is 0. The van der Waals surface area contributed by atoms with Crippen molar-refractivity contribution < 1.29 is 9.53 Å². The van der Waals surface area contributed by atoms with Crippen LogP contribution in [0.3, 0.4) is 0 Å². The number of rotatable bonds is 5. The Balaban J connectivity index is 2.18. The van der Waals surface area contributed by atoms with Gasteiger partial charge in [-0.25, -0.2) is 0 Å². The monoisotopic (exact) mass is 315 g/mol. The number of amides is 1. The Bertz CT molecular complexity index is 671. The molecule has 0 bridgehead atoms. The van der Waals surface area contributed by atoms with E-state index in [4.69, 9.17) is 4.74 Å². The van der Waals surface area contributed by atoms with Gasteiger partial charge in [0.15, 0.2) is 0 Å². The number of benzene rings is 1. The van der Waals surface area contributed by atoms with Gasteiger partial charge in [0.05, 0.1) is 30.5 Å². The summed E-state index contributed by atoms with van der Waals surface area (Å²) in [5.41, 5.74) is 1.40. The fraction of sp³-hybridized carbons (Fsp3) is 0.444. The van der Waals surface area contributed by atoms with Crippen molar-refractivity contribution >= 4 is 5.91 Å². The van der Waals surface area contributed by atoms with Gasteiger partial charge in [-0.1, -0.05) is 25.1 Å². The molecule has 0 aliphatic rings. The zero-order valence-corrected chi connectivity index (χ0v) is 14.5. The van der Waals surface area contributed by atoms with Gasteiger partial charge in [0, 0.05) is 11.8 Å². The van der Waals surface area contributed by atoms with Crippen molar-refractivity contribution in [3.8, 4) is 5.75 Å². The molecule has 1 unspecified atom stereocenters. The number of para-hydroxylation sites is 1. The van der Waals surface area contributed by atoms with Crippen molar-refractivity contribution in [3.63, 3.8) is 0 Å². The summed E-state index contributed by atoms with van der Waals surface area (Å²) in [6.07, 6.45) is 4.17. The predicted octanol–water partition coefficient (Wildman–Crippen LogP) is 3.53. The largest absolute Gasteiger partial charge is 0.496 e. The lowest BCUT2D eigenvalue weighted by atomic mass is 10.0. The average Bonchev–Trinajstić information content (AvgIpc) is 3.02. The molecule has 5 nitrogen and oxygen atoms in total. The molecule has 1 aromatic carbocycles. The number of hydrogen-bond donors (Lipinski definition) is 1. The lowest BCUT2D eigenvalue weighted by molar-refractivity contribution is 0.0935. The molecule has 1 atom stereocenters. The molecule has 5 heteroatoms. The Morgan fingerprint density at radius 2 is 2.04 bits per heavy atom. The van der Waals surface area contributed by atoms with Crippen LogP contribution in [-0.4, -0.2) is 22.8 Å². The second kappa shape index (κ2) is 6.86. The molecule has 1 N–H and O–H groups in total. The summed E-state index contributed by atoms with van der Waals surface area (Å²) < 4.78 is 7.19. The molecular weight excluding hydrogens is 290 g/mol. The Morgan fingerprint density at radius 3 is 2.61 bits per heavy atom. The van der Waals surface area contributed by atoms with Crippen molar-refractivity contribution in [2.24, 2.45) is 0 Å². The van der Waals surface area contributed by atoms with Crippen LogP contribution in [0.15, 0.2) is 36.7 Å². The Labute approximate surface area is 137 Å². The highest BCUT2D eigenvalue weighted by atomic mass is 16.5. The number of methoxy groups -OCH3 is 1. The Hall–Kier alpha value is -2.30. The van der Waals surface area contributed by atoms with Crippen LogP contribution >= 0.6 is 0 Å². The normalized spacial score (nSPS) is 12.7. The van der Waals surface area contributed by atoms with E-state index in [0.717, 1.165) is 17.7 Å². The van der Waals surface area contributed by atoms with Crippen molar-refractivity contribution in [2.45, 2.75) is 45.7 Å². The molecular formula is C18H25N3O2.